The van der Waals surface area contributed by atoms with Gasteiger partial charge in [0.25, 0.3) is 0 Å². The van der Waals surface area contributed by atoms with E-state index in [0.29, 0.717) is 31.0 Å². The third-order valence-electron chi connectivity index (χ3n) is 8.41. The van der Waals surface area contributed by atoms with Crippen molar-refractivity contribution in [3.63, 3.8) is 0 Å². The van der Waals surface area contributed by atoms with Crippen LogP contribution in [0.5, 0.6) is 11.5 Å². The molecule has 4 heterocycles. The van der Waals surface area contributed by atoms with Crippen molar-refractivity contribution < 1.29 is 22.7 Å². The quantitative estimate of drug-likeness (QED) is 0.271. The van der Waals surface area contributed by atoms with Crippen LogP contribution in [0.2, 0.25) is 0 Å². The van der Waals surface area contributed by atoms with E-state index in [1.54, 1.807) is 23.4 Å². The van der Waals surface area contributed by atoms with Crippen molar-refractivity contribution in [2.45, 2.75) is 39.5 Å². The largest absolute Gasteiger partial charge is 0.456 e. The predicted molar refractivity (Wildman–Crippen MR) is 159 cm³/mol. The lowest BCUT2D eigenvalue weighted by atomic mass is 9.97. The summed E-state index contributed by atoms with van der Waals surface area (Å²) < 4.78 is 48.5. The third kappa shape index (κ3) is 6.33. The fourth-order valence-corrected chi connectivity index (χ4v) is 5.90. The number of pyridine rings is 1. The summed E-state index contributed by atoms with van der Waals surface area (Å²) in [7, 11) is 0. The van der Waals surface area contributed by atoms with Crippen LogP contribution in [-0.2, 0) is 25.7 Å². The van der Waals surface area contributed by atoms with Crippen molar-refractivity contribution in [2.24, 2.45) is 0 Å². The highest BCUT2D eigenvalue weighted by molar-refractivity contribution is 5.89. The van der Waals surface area contributed by atoms with Crippen molar-refractivity contribution in [1.82, 2.24) is 24.7 Å². The number of alkyl halides is 3. The van der Waals surface area contributed by atoms with Gasteiger partial charge in [0.2, 0.25) is 0 Å². The lowest BCUT2D eigenvalue weighted by Crippen LogP contribution is -2.45. The van der Waals surface area contributed by atoms with Gasteiger partial charge in [-0.3, -0.25) is 4.90 Å². The Labute approximate surface area is 248 Å². The lowest BCUT2D eigenvalue weighted by Gasteiger charge is -2.34. The molecule has 43 heavy (non-hydrogen) atoms. The Morgan fingerprint density at radius 3 is 2.56 bits per heavy atom. The van der Waals surface area contributed by atoms with Gasteiger partial charge in [0.05, 0.1) is 10.9 Å². The molecule has 4 aromatic rings. The van der Waals surface area contributed by atoms with Gasteiger partial charge in [0.15, 0.2) is 0 Å². The van der Waals surface area contributed by atoms with Crippen LogP contribution >= 0.6 is 0 Å². The molecule has 2 aromatic heterocycles. The van der Waals surface area contributed by atoms with E-state index in [4.69, 9.17) is 4.74 Å². The molecule has 0 bridgehead atoms. The number of amides is 2. The molecule has 1 fully saturated rings. The zero-order chi connectivity index (χ0) is 30.1. The van der Waals surface area contributed by atoms with Gasteiger partial charge in [0.1, 0.15) is 17.1 Å². The van der Waals surface area contributed by atoms with E-state index in [1.165, 1.54) is 6.07 Å². The number of aromatic nitrogens is 2. The number of benzene rings is 2. The second-order valence-corrected chi connectivity index (χ2v) is 11.2. The molecule has 0 aliphatic carbocycles. The number of fused-ring (bicyclic) bond motifs is 2. The monoisotopic (exact) mass is 592 g/mol. The molecule has 2 amide bonds. The number of rotatable bonds is 6. The number of carbonyl (C=O) groups is 1. The average molecular weight is 593 g/mol. The van der Waals surface area contributed by atoms with Gasteiger partial charge < -0.3 is 24.8 Å². The second kappa shape index (κ2) is 11.9. The summed E-state index contributed by atoms with van der Waals surface area (Å²) in [6, 6.07) is 11.4. The number of halogens is 3. The van der Waals surface area contributed by atoms with E-state index in [-0.39, 0.29) is 17.8 Å². The Kier molecular flexibility index (Phi) is 8.02. The van der Waals surface area contributed by atoms with Gasteiger partial charge in [-0.15, -0.1) is 0 Å². The van der Waals surface area contributed by atoms with E-state index < -0.39 is 17.8 Å². The summed E-state index contributed by atoms with van der Waals surface area (Å²) in [6.45, 7) is 9.16. The molecule has 0 spiro atoms. The number of H-pyrrole nitrogens is 1. The summed E-state index contributed by atoms with van der Waals surface area (Å²) in [5.41, 5.74) is 3.41. The van der Waals surface area contributed by atoms with E-state index in [2.05, 4.69) is 38.1 Å². The fourth-order valence-electron chi connectivity index (χ4n) is 5.90. The maximum absolute atomic E-state index is 14.1. The molecule has 6 rings (SSSR count). The first-order valence-corrected chi connectivity index (χ1v) is 14.6. The molecule has 226 valence electrons. The topological polar surface area (TPSA) is 76.7 Å². The van der Waals surface area contributed by atoms with Crippen LogP contribution in [0.25, 0.3) is 11.0 Å². The second-order valence-electron chi connectivity index (χ2n) is 11.2. The first-order chi connectivity index (χ1) is 20.7. The zero-order valence-corrected chi connectivity index (χ0v) is 24.3. The number of aromatic amines is 1. The van der Waals surface area contributed by atoms with E-state index in [0.717, 1.165) is 66.5 Å². The molecular weight excluding hydrogens is 557 g/mol. The zero-order valence-electron chi connectivity index (χ0n) is 24.3. The average Bonchev–Trinajstić information content (AvgIpc) is 3.48. The standard InChI is InChI=1S/C32H35F3N6O2/c1-3-39-12-14-40(15-13-39)19-23-4-5-25(18-27(23)32(33,34)35)38-31(42)41-11-8-22-16-21(2)29(17-24(22)20-41)43-28-7-10-37-30-26(28)6-9-36-30/h4-7,9-10,16-18H,3,8,11-15,19-20H2,1-2H3,(H,36,37)(H,38,42). The summed E-state index contributed by atoms with van der Waals surface area (Å²) in [4.78, 5) is 26.6. The molecular formula is C32H35F3N6O2. The number of likely N-dealkylation sites (N-methyl/N-ethyl adjacent to an activating group) is 1. The number of urea groups is 1. The minimum atomic E-state index is -4.53. The summed E-state index contributed by atoms with van der Waals surface area (Å²) in [5, 5.41) is 3.57. The van der Waals surface area contributed by atoms with Crippen molar-refractivity contribution in [3.05, 3.63) is 82.7 Å². The number of hydrogen-bond donors (Lipinski definition) is 2. The van der Waals surface area contributed by atoms with Crippen molar-refractivity contribution in [3.8, 4) is 11.5 Å². The lowest BCUT2D eigenvalue weighted by molar-refractivity contribution is -0.138. The molecule has 1 saturated heterocycles. The summed E-state index contributed by atoms with van der Waals surface area (Å²) >= 11 is 0. The molecule has 8 nitrogen and oxygen atoms in total. The molecule has 2 aliphatic rings. The van der Waals surface area contributed by atoms with Gasteiger partial charge in [-0.05, 0) is 72.5 Å². The molecule has 2 aromatic carbocycles. The highest BCUT2D eigenvalue weighted by Gasteiger charge is 2.34. The SMILES string of the molecule is CCN1CCN(Cc2ccc(NC(=O)N3CCc4cc(C)c(Oc5ccnc6[nH]ccc56)cc4C3)cc2C(F)(F)F)CC1. The van der Waals surface area contributed by atoms with Crippen molar-refractivity contribution in [2.75, 3.05) is 44.6 Å². The minimum Gasteiger partial charge on any atom is -0.456 e. The minimum absolute atomic E-state index is 0.129. The number of piperazine rings is 1. The smallest absolute Gasteiger partial charge is 0.416 e. The Morgan fingerprint density at radius 2 is 1.79 bits per heavy atom. The Hall–Kier alpha value is -4.09. The summed E-state index contributed by atoms with van der Waals surface area (Å²) in [6.07, 6.45) is -0.404. The first-order valence-electron chi connectivity index (χ1n) is 14.6. The maximum Gasteiger partial charge on any atom is 0.416 e. The van der Waals surface area contributed by atoms with Crippen LogP contribution in [-0.4, -0.2) is 70.0 Å². The number of carbonyl (C=O) groups excluding carboxylic acids is 1. The number of nitrogens with zero attached hydrogens (tertiary/aromatic N) is 4. The molecule has 2 N–H and O–H groups in total. The van der Waals surface area contributed by atoms with Gasteiger partial charge in [-0.1, -0.05) is 19.1 Å². The number of hydrogen-bond acceptors (Lipinski definition) is 5. The molecule has 2 aliphatic heterocycles. The molecule has 0 saturated carbocycles. The van der Waals surface area contributed by atoms with Crippen LogP contribution in [0, 0.1) is 6.92 Å². The van der Waals surface area contributed by atoms with Crippen LogP contribution < -0.4 is 10.1 Å². The molecule has 0 atom stereocenters. The van der Waals surface area contributed by atoms with Gasteiger partial charge >= 0.3 is 12.2 Å². The number of anilines is 1. The normalized spacial score (nSPS) is 16.3. The van der Waals surface area contributed by atoms with E-state index >= 15 is 0 Å². The van der Waals surface area contributed by atoms with Crippen LogP contribution in [0.4, 0.5) is 23.7 Å². The Bertz CT molecular complexity index is 1630. The van der Waals surface area contributed by atoms with Crippen LogP contribution in [0.15, 0.2) is 54.9 Å². The maximum atomic E-state index is 14.1. The molecule has 0 radical (unpaired) electrons. The van der Waals surface area contributed by atoms with Crippen molar-refractivity contribution in [1.29, 1.82) is 0 Å². The van der Waals surface area contributed by atoms with E-state index in [1.807, 2.05) is 25.1 Å². The fraction of sp³-hybridized carbons (Fsp3) is 0.375. The Balaban J connectivity index is 1.15. The molecule has 11 heteroatoms. The van der Waals surface area contributed by atoms with Crippen molar-refractivity contribution >= 4 is 22.8 Å². The Morgan fingerprint density at radius 1 is 1.00 bits per heavy atom. The number of nitrogens with one attached hydrogen (secondary N) is 2. The van der Waals surface area contributed by atoms with E-state index in [9.17, 15) is 18.0 Å². The van der Waals surface area contributed by atoms with Gasteiger partial charge in [-0.25, -0.2) is 9.78 Å². The predicted octanol–water partition coefficient (Wildman–Crippen LogP) is 6.41. The van der Waals surface area contributed by atoms with Gasteiger partial charge in [-0.2, -0.15) is 13.2 Å². The molecule has 0 unspecified atom stereocenters. The highest BCUT2D eigenvalue weighted by atomic mass is 19.4. The summed E-state index contributed by atoms with van der Waals surface area (Å²) in [5.74, 6) is 1.35. The number of ether oxygens (including phenoxy) is 1. The van der Waals surface area contributed by atoms with Gasteiger partial charge in [0, 0.05) is 63.9 Å². The third-order valence-corrected chi connectivity index (χ3v) is 8.41. The van der Waals surface area contributed by atoms with Crippen LogP contribution in [0.3, 0.4) is 0 Å². The first kappa shape index (κ1) is 29.0. The van der Waals surface area contributed by atoms with Crippen LogP contribution in [0.1, 0.15) is 34.7 Å². The number of aryl methyl sites for hydroxylation is 1. The highest BCUT2D eigenvalue weighted by Crippen LogP contribution is 2.36.